The summed E-state index contributed by atoms with van der Waals surface area (Å²) in [6.45, 7) is 2.70. The second-order valence-electron chi connectivity index (χ2n) is 4.31. The lowest BCUT2D eigenvalue weighted by Crippen LogP contribution is -2.41. The third-order valence-corrected chi connectivity index (χ3v) is 1.94. The van der Waals surface area contributed by atoms with Gasteiger partial charge in [-0.15, -0.1) is 0 Å². The van der Waals surface area contributed by atoms with Crippen LogP contribution in [-0.4, -0.2) is 35.6 Å². The van der Waals surface area contributed by atoms with Gasteiger partial charge in [0.2, 0.25) is 12.3 Å². The minimum Gasteiger partial charge on any atom is -0.475 e. The summed E-state index contributed by atoms with van der Waals surface area (Å²) in [4.78, 5) is 19.3. The topological polar surface area (TPSA) is 106 Å². The number of rotatable bonds is 4. The number of hydrogen-bond donors (Lipinski definition) is 3. The van der Waals surface area contributed by atoms with Crippen LogP contribution in [0.2, 0.25) is 0 Å². The molecule has 0 spiro atoms. The Labute approximate surface area is 105 Å². The van der Waals surface area contributed by atoms with Crippen LogP contribution in [0.5, 0.6) is 0 Å². The Morgan fingerprint density at radius 3 is 1.68 bits per heavy atom. The van der Waals surface area contributed by atoms with Crippen molar-refractivity contribution in [2.24, 2.45) is 16.9 Å². The molecule has 0 unspecified atom stereocenters. The molecule has 1 amide bonds. The summed E-state index contributed by atoms with van der Waals surface area (Å²) >= 11 is 0. The molecular weight excluding hydrogens is 279 g/mol. The lowest BCUT2D eigenvalue weighted by Gasteiger charge is -2.25. The summed E-state index contributed by atoms with van der Waals surface area (Å²) in [5, 5.41) is 7.12. The van der Waals surface area contributed by atoms with Crippen LogP contribution in [-0.2, 0) is 9.59 Å². The maximum absolute atomic E-state index is 12.2. The molecule has 0 fully saturated rings. The van der Waals surface area contributed by atoms with Gasteiger partial charge >= 0.3 is 12.1 Å². The number of aliphatic carboxylic acids is 1. The molecule has 1 atom stereocenters. The predicted octanol–water partition coefficient (Wildman–Crippen LogP) is 1.11. The third kappa shape index (κ3) is 9.17. The highest BCUT2D eigenvalue weighted by Gasteiger charge is 2.38. The van der Waals surface area contributed by atoms with Crippen molar-refractivity contribution in [3.8, 4) is 0 Å². The van der Waals surface area contributed by atoms with Crippen LogP contribution in [0.4, 0.5) is 22.0 Å². The Morgan fingerprint density at radius 2 is 1.53 bits per heavy atom. The van der Waals surface area contributed by atoms with E-state index in [4.69, 9.17) is 21.4 Å². The van der Waals surface area contributed by atoms with Gasteiger partial charge < -0.3 is 16.6 Å². The Balaban J connectivity index is 0. The summed E-state index contributed by atoms with van der Waals surface area (Å²) in [6.07, 6.45) is -7.68. The molecule has 114 valence electrons. The monoisotopic (exact) mass is 294 g/mol. The fourth-order valence-electron chi connectivity index (χ4n) is 0.756. The van der Waals surface area contributed by atoms with Crippen LogP contribution in [0, 0.1) is 5.41 Å². The van der Waals surface area contributed by atoms with E-state index in [1.807, 2.05) is 0 Å². The molecule has 0 heterocycles. The van der Waals surface area contributed by atoms with Crippen molar-refractivity contribution in [2.45, 2.75) is 38.9 Å². The van der Waals surface area contributed by atoms with E-state index in [1.165, 1.54) is 13.8 Å². The summed E-state index contributed by atoms with van der Waals surface area (Å²) in [5.41, 5.74) is 8.81. The lowest BCUT2D eigenvalue weighted by molar-refractivity contribution is -0.192. The average Bonchev–Trinajstić information content (AvgIpc) is 2.15. The van der Waals surface area contributed by atoms with Crippen molar-refractivity contribution >= 4 is 11.9 Å². The molecule has 0 aliphatic rings. The highest BCUT2D eigenvalue weighted by Crippen LogP contribution is 2.29. The highest BCUT2D eigenvalue weighted by molar-refractivity contribution is 5.79. The summed E-state index contributed by atoms with van der Waals surface area (Å²) in [5.74, 6) is -3.50. The Hall–Kier alpha value is -1.45. The Morgan fingerprint density at radius 1 is 1.21 bits per heavy atom. The first-order chi connectivity index (χ1) is 8.21. The Kier molecular flexibility index (Phi) is 7.55. The number of amides is 1. The summed E-state index contributed by atoms with van der Waals surface area (Å²) < 4.78 is 56.2. The van der Waals surface area contributed by atoms with E-state index >= 15 is 0 Å². The van der Waals surface area contributed by atoms with Crippen LogP contribution < -0.4 is 11.5 Å². The normalized spacial score (nSPS) is 13.5. The number of carbonyl (C=O) groups excluding carboxylic acids is 1. The van der Waals surface area contributed by atoms with Crippen molar-refractivity contribution in [3.05, 3.63) is 0 Å². The number of halogens is 5. The second-order valence-corrected chi connectivity index (χ2v) is 4.31. The van der Waals surface area contributed by atoms with E-state index in [-0.39, 0.29) is 6.42 Å². The van der Waals surface area contributed by atoms with Crippen LogP contribution in [0.15, 0.2) is 0 Å². The quantitative estimate of drug-likeness (QED) is 0.675. The van der Waals surface area contributed by atoms with Gasteiger partial charge in [0.05, 0.1) is 6.04 Å². The van der Waals surface area contributed by atoms with Gasteiger partial charge in [-0.3, -0.25) is 4.79 Å². The average molecular weight is 294 g/mol. The molecule has 0 aromatic rings. The summed E-state index contributed by atoms with van der Waals surface area (Å²) in [6, 6.07) is -0.992. The van der Waals surface area contributed by atoms with E-state index in [1.54, 1.807) is 0 Å². The predicted molar refractivity (Wildman–Crippen MR) is 55.3 cm³/mol. The largest absolute Gasteiger partial charge is 0.490 e. The van der Waals surface area contributed by atoms with Crippen LogP contribution in [0.25, 0.3) is 0 Å². The molecule has 0 radical (unpaired) electrons. The van der Waals surface area contributed by atoms with E-state index in [0.717, 1.165) is 0 Å². The minimum absolute atomic E-state index is 0.0972. The molecule has 5 N–H and O–H groups in total. The van der Waals surface area contributed by atoms with Crippen LogP contribution >= 0.6 is 0 Å². The number of alkyl halides is 5. The first-order valence-corrected chi connectivity index (χ1v) is 4.85. The zero-order valence-corrected chi connectivity index (χ0v) is 10.2. The van der Waals surface area contributed by atoms with Gasteiger partial charge in [-0.05, 0) is 6.42 Å². The molecule has 19 heavy (non-hydrogen) atoms. The molecular formula is C9H15F5N2O3. The van der Waals surface area contributed by atoms with Gasteiger partial charge in [-0.1, -0.05) is 13.8 Å². The van der Waals surface area contributed by atoms with Gasteiger partial charge in [0.15, 0.2) is 0 Å². The van der Waals surface area contributed by atoms with Crippen molar-refractivity contribution in [1.82, 2.24) is 0 Å². The maximum Gasteiger partial charge on any atom is 0.490 e. The molecule has 0 aromatic heterocycles. The number of carbonyl (C=O) groups is 2. The standard InChI is InChI=1S/C7H14F2N2O.C2HF3O2/c1-7(2,6(8)9)3-4(10)5(11)12;3-2(4,5)1(6)7/h4,6H,3,10H2,1-2H3,(H2,11,12);(H,6,7)/t4-;/m0./s1. The third-order valence-electron chi connectivity index (χ3n) is 1.94. The molecule has 10 heteroatoms. The van der Waals surface area contributed by atoms with E-state index in [9.17, 15) is 26.7 Å². The molecule has 0 aromatic carbocycles. The van der Waals surface area contributed by atoms with E-state index < -0.39 is 35.9 Å². The second kappa shape index (κ2) is 7.22. The first-order valence-electron chi connectivity index (χ1n) is 4.85. The van der Waals surface area contributed by atoms with Crippen LogP contribution in [0.3, 0.4) is 0 Å². The molecule has 0 saturated carbocycles. The zero-order chi connectivity index (χ0) is 16.0. The van der Waals surface area contributed by atoms with E-state index in [2.05, 4.69) is 0 Å². The molecule has 0 saturated heterocycles. The number of carboxylic acid groups (broad SMARTS) is 1. The van der Waals surface area contributed by atoms with Crippen molar-refractivity contribution in [1.29, 1.82) is 0 Å². The number of carboxylic acids is 1. The molecule has 0 aliphatic carbocycles. The van der Waals surface area contributed by atoms with Crippen molar-refractivity contribution < 1.29 is 36.6 Å². The zero-order valence-electron chi connectivity index (χ0n) is 10.2. The lowest BCUT2D eigenvalue weighted by atomic mass is 9.86. The highest BCUT2D eigenvalue weighted by atomic mass is 19.4. The maximum atomic E-state index is 12.2. The molecule has 0 aliphatic heterocycles. The summed E-state index contributed by atoms with van der Waals surface area (Å²) in [7, 11) is 0. The first kappa shape index (κ1) is 19.9. The van der Waals surface area contributed by atoms with Gasteiger partial charge in [-0.25, -0.2) is 13.6 Å². The number of nitrogens with two attached hydrogens (primary N) is 2. The van der Waals surface area contributed by atoms with Crippen LogP contribution in [0.1, 0.15) is 20.3 Å². The number of primary amides is 1. The van der Waals surface area contributed by atoms with Gasteiger partial charge in [-0.2, -0.15) is 13.2 Å². The van der Waals surface area contributed by atoms with Gasteiger partial charge in [0.1, 0.15) is 0 Å². The Bertz CT molecular complexity index is 317. The smallest absolute Gasteiger partial charge is 0.475 e. The van der Waals surface area contributed by atoms with Crippen molar-refractivity contribution in [3.63, 3.8) is 0 Å². The molecule has 5 nitrogen and oxygen atoms in total. The fourth-order valence-corrected chi connectivity index (χ4v) is 0.756. The number of hydrogen-bond acceptors (Lipinski definition) is 3. The molecule has 0 rings (SSSR count). The minimum atomic E-state index is -5.08. The van der Waals surface area contributed by atoms with Gasteiger partial charge in [0.25, 0.3) is 0 Å². The van der Waals surface area contributed by atoms with Crippen molar-refractivity contribution in [2.75, 3.05) is 0 Å². The van der Waals surface area contributed by atoms with Gasteiger partial charge in [0, 0.05) is 5.41 Å². The SMILES string of the molecule is CC(C)(C[C@H](N)C(N)=O)C(F)F.O=C(O)C(F)(F)F. The van der Waals surface area contributed by atoms with E-state index in [0.29, 0.717) is 0 Å². The fraction of sp³-hybridized carbons (Fsp3) is 0.778. The molecule has 0 bridgehead atoms.